The highest BCUT2D eigenvalue weighted by molar-refractivity contribution is 5.57. The van der Waals surface area contributed by atoms with Crippen molar-refractivity contribution in [2.24, 2.45) is 0 Å². The van der Waals surface area contributed by atoms with Gasteiger partial charge in [0.25, 0.3) is 0 Å². The molecule has 0 aliphatic heterocycles. The molecule has 0 fully saturated rings. The number of rotatable bonds is 5. The lowest BCUT2D eigenvalue weighted by Crippen LogP contribution is -2.05. The van der Waals surface area contributed by atoms with Gasteiger partial charge < -0.3 is 10.1 Å². The summed E-state index contributed by atoms with van der Waals surface area (Å²) in [6, 6.07) is 14.6. The van der Waals surface area contributed by atoms with E-state index in [0.717, 1.165) is 18.7 Å². The van der Waals surface area contributed by atoms with Crippen molar-refractivity contribution in [3.05, 3.63) is 59.2 Å². The maximum atomic E-state index is 5.38. The molecule has 0 saturated carbocycles. The van der Waals surface area contributed by atoms with Gasteiger partial charge in [0, 0.05) is 17.8 Å². The molecule has 2 heteroatoms. The molecule has 19 heavy (non-hydrogen) atoms. The molecule has 2 aromatic carbocycles. The number of methoxy groups -OCH3 is 1. The van der Waals surface area contributed by atoms with Crippen molar-refractivity contribution in [1.82, 2.24) is 0 Å². The number of anilines is 1. The lowest BCUT2D eigenvalue weighted by Gasteiger charge is -2.15. The molecule has 0 aliphatic carbocycles. The van der Waals surface area contributed by atoms with Crippen molar-refractivity contribution in [2.75, 3.05) is 12.4 Å². The number of ether oxygens (including phenoxy) is 1. The van der Waals surface area contributed by atoms with Crippen molar-refractivity contribution in [1.29, 1.82) is 0 Å². The van der Waals surface area contributed by atoms with Gasteiger partial charge in [-0.05, 0) is 30.5 Å². The van der Waals surface area contributed by atoms with Crippen LogP contribution in [0, 0.1) is 6.92 Å². The summed E-state index contributed by atoms with van der Waals surface area (Å²) in [5.74, 6) is 0.932. The predicted molar refractivity (Wildman–Crippen MR) is 80.9 cm³/mol. The number of nitrogens with one attached hydrogen (secondary N) is 1. The zero-order chi connectivity index (χ0) is 13.7. The SMILES string of the molecule is CCc1cccc(C)c1NCc1ccccc1OC. The third kappa shape index (κ3) is 3.08. The van der Waals surface area contributed by atoms with Crippen LogP contribution in [-0.4, -0.2) is 7.11 Å². The van der Waals surface area contributed by atoms with Crippen LogP contribution in [0.4, 0.5) is 5.69 Å². The third-order valence-corrected chi connectivity index (χ3v) is 3.39. The fourth-order valence-electron chi connectivity index (χ4n) is 2.31. The van der Waals surface area contributed by atoms with Crippen LogP contribution >= 0.6 is 0 Å². The van der Waals surface area contributed by atoms with Gasteiger partial charge >= 0.3 is 0 Å². The van der Waals surface area contributed by atoms with Crippen LogP contribution in [0.5, 0.6) is 5.75 Å². The van der Waals surface area contributed by atoms with Crippen molar-refractivity contribution >= 4 is 5.69 Å². The van der Waals surface area contributed by atoms with E-state index in [2.05, 4.69) is 43.4 Å². The molecule has 0 saturated heterocycles. The maximum Gasteiger partial charge on any atom is 0.123 e. The van der Waals surface area contributed by atoms with Crippen LogP contribution < -0.4 is 10.1 Å². The number of hydrogen-bond acceptors (Lipinski definition) is 2. The van der Waals surface area contributed by atoms with E-state index in [-0.39, 0.29) is 0 Å². The molecule has 0 atom stereocenters. The summed E-state index contributed by atoms with van der Waals surface area (Å²) in [5.41, 5.74) is 5.07. The van der Waals surface area contributed by atoms with Gasteiger partial charge in [-0.15, -0.1) is 0 Å². The van der Waals surface area contributed by atoms with E-state index in [0.29, 0.717) is 0 Å². The highest BCUT2D eigenvalue weighted by Gasteiger charge is 2.06. The quantitative estimate of drug-likeness (QED) is 0.865. The van der Waals surface area contributed by atoms with Crippen molar-refractivity contribution in [3.63, 3.8) is 0 Å². The van der Waals surface area contributed by atoms with E-state index in [1.54, 1.807) is 7.11 Å². The molecule has 2 nitrogen and oxygen atoms in total. The Morgan fingerprint density at radius 3 is 2.47 bits per heavy atom. The number of aryl methyl sites for hydroxylation is 2. The standard InChI is InChI=1S/C17H21NO/c1-4-14-10-7-8-13(2)17(14)18-12-15-9-5-6-11-16(15)19-3/h5-11,18H,4,12H2,1-3H3. The largest absolute Gasteiger partial charge is 0.496 e. The highest BCUT2D eigenvalue weighted by Crippen LogP contribution is 2.24. The molecule has 1 N–H and O–H groups in total. The predicted octanol–water partition coefficient (Wildman–Crippen LogP) is 4.18. The molecular weight excluding hydrogens is 234 g/mol. The van der Waals surface area contributed by atoms with E-state index in [9.17, 15) is 0 Å². The topological polar surface area (TPSA) is 21.3 Å². The van der Waals surface area contributed by atoms with E-state index in [1.807, 2.05) is 18.2 Å². The average Bonchev–Trinajstić information content (AvgIpc) is 2.46. The van der Waals surface area contributed by atoms with Gasteiger partial charge in [-0.1, -0.05) is 43.3 Å². The Kier molecular flexibility index (Phi) is 4.45. The minimum absolute atomic E-state index is 0.780. The van der Waals surface area contributed by atoms with Gasteiger partial charge in [-0.3, -0.25) is 0 Å². The first-order valence-corrected chi connectivity index (χ1v) is 6.70. The normalized spacial score (nSPS) is 10.3. The molecule has 0 heterocycles. The summed E-state index contributed by atoms with van der Waals surface area (Å²) in [4.78, 5) is 0. The Balaban J connectivity index is 2.19. The molecule has 0 unspecified atom stereocenters. The summed E-state index contributed by atoms with van der Waals surface area (Å²) in [6.07, 6.45) is 1.04. The molecular formula is C17H21NO. The molecule has 0 aliphatic rings. The maximum absolute atomic E-state index is 5.38. The molecule has 2 aromatic rings. The average molecular weight is 255 g/mol. The van der Waals surface area contributed by atoms with Gasteiger partial charge in [0.15, 0.2) is 0 Å². The molecule has 0 radical (unpaired) electrons. The van der Waals surface area contributed by atoms with Gasteiger partial charge in [0.2, 0.25) is 0 Å². The highest BCUT2D eigenvalue weighted by atomic mass is 16.5. The van der Waals surface area contributed by atoms with Gasteiger partial charge in [-0.2, -0.15) is 0 Å². The lowest BCUT2D eigenvalue weighted by atomic mass is 10.1. The van der Waals surface area contributed by atoms with Gasteiger partial charge in [0.05, 0.1) is 7.11 Å². The molecule has 0 spiro atoms. The third-order valence-electron chi connectivity index (χ3n) is 3.39. The van der Waals surface area contributed by atoms with E-state index < -0.39 is 0 Å². The van der Waals surface area contributed by atoms with Crippen molar-refractivity contribution in [2.45, 2.75) is 26.8 Å². The molecule has 0 aromatic heterocycles. The first-order chi connectivity index (χ1) is 9.26. The smallest absolute Gasteiger partial charge is 0.123 e. The van der Waals surface area contributed by atoms with Gasteiger partial charge in [0.1, 0.15) is 5.75 Å². The molecule has 0 amide bonds. The fraction of sp³-hybridized carbons (Fsp3) is 0.294. The van der Waals surface area contributed by atoms with Crippen molar-refractivity contribution in [3.8, 4) is 5.75 Å². The van der Waals surface area contributed by atoms with E-state index in [1.165, 1.54) is 22.4 Å². The van der Waals surface area contributed by atoms with Crippen LogP contribution in [0.15, 0.2) is 42.5 Å². The molecule has 2 rings (SSSR count). The van der Waals surface area contributed by atoms with Crippen molar-refractivity contribution < 1.29 is 4.74 Å². The van der Waals surface area contributed by atoms with Gasteiger partial charge in [-0.25, -0.2) is 0 Å². The van der Waals surface area contributed by atoms with E-state index in [4.69, 9.17) is 4.74 Å². The minimum Gasteiger partial charge on any atom is -0.496 e. The van der Waals surface area contributed by atoms with Crippen LogP contribution in [-0.2, 0) is 13.0 Å². The molecule has 100 valence electrons. The zero-order valence-corrected chi connectivity index (χ0v) is 11.9. The monoisotopic (exact) mass is 255 g/mol. The Morgan fingerprint density at radius 2 is 1.74 bits per heavy atom. The zero-order valence-electron chi connectivity index (χ0n) is 11.9. The molecule has 0 bridgehead atoms. The van der Waals surface area contributed by atoms with Crippen LogP contribution in [0.2, 0.25) is 0 Å². The summed E-state index contributed by atoms with van der Waals surface area (Å²) in [5, 5.41) is 3.54. The second-order valence-electron chi connectivity index (χ2n) is 4.63. The van der Waals surface area contributed by atoms with Crippen LogP contribution in [0.1, 0.15) is 23.6 Å². The van der Waals surface area contributed by atoms with E-state index >= 15 is 0 Å². The second kappa shape index (κ2) is 6.28. The Hall–Kier alpha value is -1.96. The Morgan fingerprint density at radius 1 is 1.00 bits per heavy atom. The lowest BCUT2D eigenvalue weighted by molar-refractivity contribution is 0.410. The Bertz CT molecular complexity index is 549. The van der Waals surface area contributed by atoms with Crippen LogP contribution in [0.25, 0.3) is 0 Å². The fourth-order valence-corrected chi connectivity index (χ4v) is 2.31. The Labute approximate surface area is 115 Å². The minimum atomic E-state index is 0.780. The number of para-hydroxylation sites is 2. The summed E-state index contributed by atoms with van der Waals surface area (Å²) in [7, 11) is 1.71. The summed E-state index contributed by atoms with van der Waals surface area (Å²) in [6.45, 7) is 5.11. The number of benzene rings is 2. The summed E-state index contributed by atoms with van der Waals surface area (Å²) >= 11 is 0. The number of hydrogen-bond donors (Lipinski definition) is 1. The first kappa shape index (κ1) is 13.5. The summed E-state index contributed by atoms with van der Waals surface area (Å²) < 4.78 is 5.38. The first-order valence-electron chi connectivity index (χ1n) is 6.70. The second-order valence-corrected chi connectivity index (χ2v) is 4.63. The van der Waals surface area contributed by atoms with Crippen LogP contribution in [0.3, 0.4) is 0 Å².